The largest absolute Gasteiger partial charge is 0.479 e. The van der Waals surface area contributed by atoms with Gasteiger partial charge in [-0.15, -0.1) is 0 Å². The molecule has 2 N–H and O–H groups in total. The Kier molecular flexibility index (Phi) is 4.06. The standard InChI is InChI=1S/C16H16N2O4S/c1-11-16(19)18-14-8-7-13(9-15(14)22-11)23(20,21)17-10-12-5-3-2-4-6-12/h2-9,11,17H,10H2,1H3,(H,18,19). The van der Waals surface area contributed by atoms with E-state index in [1.807, 2.05) is 30.3 Å². The van der Waals surface area contributed by atoms with Gasteiger partial charge in [0, 0.05) is 12.6 Å². The van der Waals surface area contributed by atoms with Gasteiger partial charge in [0.25, 0.3) is 5.91 Å². The maximum atomic E-state index is 12.4. The monoisotopic (exact) mass is 332 g/mol. The Bertz CT molecular complexity index is 834. The Morgan fingerprint density at radius 2 is 1.91 bits per heavy atom. The molecule has 2 aromatic rings. The lowest BCUT2D eigenvalue weighted by Gasteiger charge is -2.23. The van der Waals surface area contributed by atoms with Crippen LogP contribution in [-0.4, -0.2) is 20.4 Å². The van der Waals surface area contributed by atoms with Crippen LogP contribution in [0.5, 0.6) is 5.75 Å². The van der Waals surface area contributed by atoms with Crippen molar-refractivity contribution in [1.29, 1.82) is 0 Å². The highest BCUT2D eigenvalue weighted by molar-refractivity contribution is 7.89. The topological polar surface area (TPSA) is 84.5 Å². The summed E-state index contributed by atoms with van der Waals surface area (Å²) in [5.41, 5.74) is 1.33. The van der Waals surface area contributed by atoms with Crippen molar-refractivity contribution in [2.45, 2.75) is 24.5 Å². The summed E-state index contributed by atoms with van der Waals surface area (Å²) in [5, 5.41) is 2.67. The fourth-order valence-electron chi connectivity index (χ4n) is 2.21. The lowest BCUT2D eigenvalue weighted by atomic mass is 10.2. The molecule has 120 valence electrons. The molecule has 1 heterocycles. The minimum atomic E-state index is -3.67. The predicted molar refractivity (Wildman–Crippen MR) is 85.6 cm³/mol. The molecule has 0 fully saturated rings. The molecule has 0 bridgehead atoms. The SMILES string of the molecule is CC1Oc2cc(S(=O)(=O)NCc3ccccc3)ccc2NC1=O. The summed E-state index contributed by atoms with van der Waals surface area (Å²) >= 11 is 0. The smallest absolute Gasteiger partial charge is 0.265 e. The highest BCUT2D eigenvalue weighted by Gasteiger charge is 2.25. The minimum Gasteiger partial charge on any atom is -0.479 e. The summed E-state index contributed by atoms with van der Waals surface area (Å²) in [6.45, 7) is 1.81. The second-order valence-corrected chi connectivity index (χ2v) is 6.98. The van der Waals surface area contributed by atoms with Crippen LogP contribution in [0.3, 0.4) is 0 Å². The van der Waals surface area contributed by atoms with Gasteiger partial charge in [0.05, 0.1) is 10.6 Å². The third kappa shape index (κ3) is 3.35. The van der Waals surface area contributed by atoms with E-state index in [1.165, 1.54) is 18.2 Å². The molecule has 1 amide bonds. The number of rotatable bonds is 4. The van der Waals surface area contributed by atoms with Crippen molar-refractivity contribution in [3.8, 4) is 5.75 Å². The molecule has 1 aliphatic heterocycles. The quantitative estimate of drug-likeness (QED) is 0.895. The number of anilines is 1. The maximum absolute atomic E-state index is 12.4. The summed E-state index contributed by atoms with van der Waals surface area (Å²) in [6, 6.07) is 13.6. The molecule has 0 saturated heterocycles. The van der Waals surface area contributed by atoms with Crippen LogP contribution in [0.15, 0.2) is 53.4 Å². The van der Waals surface area contributed by atoms with Crippen molar-refractivity contribution in [3.63, 3.8) is 0 Å². The van der Waals surface area contributed by atoms with Gasteiger partial charge in [-0.25, -0.2) is 13.1 Å². The number of amides is 1. The third-order valence-electron chi connectivity index (χ3n) is 3.50. The van der Waals surface area contributed by atoms with Gasteiger partial charge < -0.3 is 10.1 Å². The lowest BCUT2D eigenvalue weighted by molar-refractivity contribution is -0.122. The Morgan fingerprint density at radius 3 is 2.65 bits per heavy atom. The van der Waals surface area contributed by atoms with Gasteiger partial charge in [0.15, 0.2) is 6.10 Å². The summed E-state index contributed by atoms with van der Waals surface area (Å²) in [7, 11) is -3.67. The summed E-state index contributed by atoms with van der Waals surface area (Å²) in [4.78, 5) is 11.6. The first-order valence-electron chi connectivity index (χ1n) is 7.11. The van der Waals surface area contributed by atoms with Crippen molar-refractivity contribution in [3.05, 3.63) is 54.1 Å². The zero-order chi connectivity index (χ0) is 16.4. The minimum absolute atomic E-state index is 0.0931. The Labute approximate surface area is 134 Å². The molecule has 6 nitrogen and oxygen atoms in total. The molecule has 0 aliphatic carbocycles. The van der Waals surface area contributed by atoms with Gasteiger partial charge in [0.1, 0.15) is 5.75 Å². The van der Waals surface area contributed by atoms with Crippen LogP contribution in [0.25, 0.3) is 0 Å². The van der Waals surface area contributed by atoms with Gasteiger partial charge in [-0.3, -0.25) is 4.79 Å². The molecule has 1 aliphatic rings. The van der Waals surface area contributed by atoms with Crippen LogP contribution in [0.1, 0.15) is 12.5 Å². The molecule has 1 atom stereocenters. The van der Waals surface area contributed by atoms with Crippen LogP contribution in [0.2, 0.25) is 0 Å². The molecular formula is C16H16N2O4S. The first kappa shape index (κ1) is 15.5. The van der Waals surface area contributed by atoms with Crippen molar-refractivity contribution >= 4 is 21.6 Å². The summed E-state index contributed by atoms with van der Waals surface area (Å²) in [6.07, 6.45) is -0.655. The second kappa shape index (κ2) is 6.02. The molecule has 7 heteroatoms. The number of sulfonamides is 1. The third-order valence-corrected chi connectivity index (χ3v) is 4.90. The molecule has 0 radical (unpaired) electrons. The fourth-order valence-corrected chi connectivity index (χ4v) is 3.24. The molecule has 23 heavy (non-hydrogen) atoms. The number of nitrogens with one attached hydrogen (secondary N) is 2. The molecular weight excluding hydrogens is 316 g/mol. The first-order chi connectivity index (χ1) is 11.0. The Morgan fingerprint density at radius 1 is 1.17 bits per heavy atom. The van der Waals surface area contributed by atoms with Crippen molar-refractivity contribution in [2.75, 3.05) is 5.32 Å². The van der Waals surface area contributed by atoms with E-state index in [9.17, 15) is 13.2 Å². The molecule has 3 rings (SSSR count). The average molecular weight is 332 g/mol. The van der Waals surface area contributed by atoms with Crippen LogP contribution in [-0.2, 0) is 21.4 Å². The van der Waals surface area contributed by atoms with Crippen molar-refractivity contribution in [2.24, 2.45) is 0 Å². The van der Waals surface area contributed by atoms with Gasteiger partial charge in [0.2, 0.25) is 10.0 Å². The highest BCUT2D eigenvalue weighted by atomic mass is 32.2. The summed E-state index contributed by atoms with van der Waals surface area (Å²) in [5.74, 6) is 0.0926. The number of carbonyl (C=O) groups is 1. The number of fused-ring (bicyclic) bond motifs is 1. The Balaban J connectivity index is 1.81. The van der Waals surface area contributed by atoms with E-state index in [-0.39, 0.29) is 17.3 Å². The van der Waals surface area contributed by atoms with Crippen molar-refractivity contribution in [1.82, 2.24) is 4.72 Å². The maximum Gasteiger partial charge on any atom is 0.265 e. The number of ether oxygens (including phenoxy) is 1. The van der Waals surface area contributed by atoms with Gasteiger partial charge in [-0.2, -0.15) is 0 Å². The normalized spacial score (nSPS) is 17.1. The van der Waals surface area contributed by atoms with Crippen LogP contribution in [0.4, 0.5) is 5.69 Å². The predicted octanol–water partition coefficient (Wildman–Crippen LogP) is 1.88. The van der Waals surface area contributed by atoms with Crippen LogP contribution < -0.4 is 14.8 Å². The van der Waals surface area contributed by atoms with Crippen LogP contribution >= 0.6 is 0 Å². The van der Waals surface area contributed by atoms with Crippen LogP contribution in [0, 0.1) is 0 Å². The molecule has 1 unspecified atom stereocenters. The zero-order valence-corrected chi connectivity index (χ0v) is 13.3. The average Bonchev–Trinajstić information content (AvgIpc) is 2.55. The number of carbonyl (C=O) groups excluding carboxylic acids is 1. The Hall–Kier alpha value is -2.38. The molecule has 2 aromatic carbocycles. The van der Waals surface area contributed by atoms with E-state index in [1.54, 1.807) is 6.92 Å². The van der Waals surface area contributed by atoms with E-state index in [4.69, 9.17) is 4.74 Å². The first-order valence-corrected chi connectivity index (χ1v) is 8.59. The van der Waals surface area contributed by atoms with E-state index >= 15 is 0 Å². The van der Waals surface area contributed by atoms with Gasteiger partial charge in [-0.05, 0) is 24.6 Å². The van der Waals surface area contributed by atoms with E-state index in [0.717, 1.165) is 5.56 Å². The van der Waals surface area contributed by atoms with Gasteiger partial charge in [-0.1, -0.05) is 30.3 Å². The summed E-state index contributed by atoms with van der Waals surface area (Å²) < 4.78 is 32.8. The number of hydrogen-bond donors (Lipinski definition) is 2. The zero-order valence-electron chi connectivity index (χ0n) is 12.4. The van der Waals surface area contributed by atoms with E-state index < -0.39 is 16.1 Å². The van der Waals surface area contributed by atoms with Crippen molar-refractivity contribution < 1.29 is 17.9 Å². The van der Waals surface area contributed by atoms with Gasteiger partial charge >= 0.3 is 0 Å². The highest BCUT2D eigenvalue weighted by Crippen LogP contribution is 2.31. The fraction of sp³-hybridized carbons (Fsp3) is 0.188. The van der Waals surface area contributed by atoms with E-state index in [2.05, 4.69) is 10.0 Å². The second-order valence-electron chi connectivity index (χ2n) is 5.22. The number of benzene rings is 2. The molecule has 0 spiro atoms. The number of hydrogen-bond acceptors (Lipinski definition) is 4. The van der Waals surface area contributed by atoms with E-state index in [0.29, 0.717) is 11.4 Å². The molecule has 0 saturated carbocycles. The molecule has 0 aromatic heterocycles. The lowest BCUT2D eigenvalue weighted by Crippen LogP contribution is -2.34.